The molecule has 2 aromatic rings. The highest BCUT2D eigenvalue weighted by Crippen LogP contribution is 2.41. The molecular weight excluding hydrogens is 454 g/mol. The molecule has 1 aromatic heterocycles. The number of rotatable bonds is 6. The number of fused-ring (bicyclic) bond motifs is 1. The fraction of sp³-hybridized carbons (Fsp3) is 0.364. The zero-order valence-electron chi connectivity index (χ0n) is 18.2. The van der Waals surface area contributed by atoms with Crippen molar-refractivity contribution in [2.24, 2.45) is 0 Å². The smallest absolute Gasteiger partial charge is 0.461 e. The second-order valence-electron chi connectivity index (χ2n) is 7.71. The summed E-state index contributed by atoms with van der Waals surface area (Å²) in [7, 11) is 0. The number of aromatic nitrogens is 2. The molecule has 2 aliphatic heterocycles. The Morgan fingerprint density at radius 3 is 2.62 bits per heavy atom. The molecule has 3 heterocycles. The van der Waals surface area contributed by atoms with E-state index in [1.54, 1.807) is 16.7 Å². The Kier molecular flexibility index (Phi) is 6.59. The van der Waals surface area contributed by atoms with Crippen LogP contribution in [0.3, 0.4) is 0 Å². The Morgan fingerprint density at radius 2 is 1.88 bits per heavy atom. The standard InChI is InChI=1S/C22H22F2N4O6/c1-14(29)13-32-21-25-7-6-16(26-21)20(31)28-10-8-27(9-11-28)19(30)5-3-15-2-4-17-18(12-15)34-22(23,24)33-17/h2-7,12,14,29H,8-11,13H2,1H3. The van der Waals surface area contributed by atoms with Gasteiger partial charge >= 0.3 is 12.3 Å². The summed E-state index contributed by atoms with van der Waals surface area (Å²) < 4.78 is 40.3. The number of alkyl halides is 2. The maximum Gasteiger partial charge on any atom is 0.586 e. The molecule has 0 radical (unpaired) electrons. The molecule has 0 bridgehead atoms. The number of ether oxygens (including phenoxy) is 3. The first-order valence-electron chi connectivity index (χ1n) is 10.5. The van der Waals surface area contributed by atoms with Crippen molar-refractivity contribution in [3.05, 3.63) is 47.8 Å². The molecule has 10 nitrogen and oxygen atoms in total. The summed E-state index contributed by atoms with van der Waals surface area (Å²) in [6, 6.07) is 5.71. The van der Waals surface area contributed by atoms with Crippen molar-refractivity contribution in [3.63, 3.8) is 0 Å². The maximum atomic E-state index is 13.1. The van der Waals surface area contributed by atoms with E-state index >= 15 is 0 Å². The molecule has 180 valence electrons. The van der Waals surface area contributed by atoms with E-state index in [1.807, 2.05) is 0 Å². The molecule has 4 rings (SSSR count). The minimum Gasteiger partial charge on any atom is -0.461 e. The van der Waals surface area contributed by atoms with Crippen LogP contribution in [-0.2, 0) is 4.79 Å². The van der Waals surface area contributed by atoms with Gasteiger partial charge in [0.15, 0.2) is 11.5 Å². The van der Waals surface area contributed by atoms with Gasteiger partial charge in [-0.15, -0.1) is 8.78 Å². The van der Waals surface area contributed by atoms with Crippen LogP contribution in [0.4, 0.5) is 8.78 Å². The molecular formula is C22H22F2N4O6. The molecule has 0 aliphatic carbocycles. The summed E-state index contributed by atoms with van der Waals surface area (Å²) in [6.07, 6.45) is -0.161. The van der Waals surface area contributed by atoms with Crippen molar-refractivity contribution < 1.29 is 37.7 Å². The van der Waals surface area contributed by atoms with Gasteiger partial charge in [0, 0.05) is 38.5 Å². The Balaban J connectivity index is 1.30. The van der Waals surface area contributed by atoms with Gasteiger partial charge in [-0.1, -0.05) is 6.07 Å². The van der Waals surface area contributed by atoms with Crippen LogP contribution in [0.5, 0.6) is 17.5 Å². The SMILES string of the molecule is CC(O)COc1nccc(C(=O)N2CCN(C(=O)C=Cc3ccc4c(c3)OC(F)(F)O4)CC2)n1. The molecule has 1 unspecified atom stereocenters. The number of halogens is 2. The molecule has 2 amide bonds. The van der Waals surface area contributed by atoms with Gasteiger partial charge in [0.1, 0.15) is 12.3 Å². The van der Waals surface area contributed by atoms with E-state index in [1.165, 1.54) is 42.6 Å². The van der Waals surface area contributed by atoms with E-state index in [0.717, 1.165) is 0 Å². The Hall–Kier alpha value is -3.80. The van der Waals surface area contributed by atoms with Crippen LogP contribution in [0, 0.1) is 0 Å². The largest absolute Gasteiger partial charge is 0.586 e. The minimum absolute atomic E-state index is 0.00191. The van der Waals surface area contributed by atoms with Gasteiger partial charge in [-0.25, -0.2) is 4.98 Å². The normalized spacial score (nSPS) is 17.6. The molecule has 1 saturated heterocycles. The summed E-state index contributed by atoms with van der Waals surface area (Å²) in [5, 5.41) is 9.29. The van der Waals surface area contributed by atoms with Crippen molar-refractivity contribution in [1.29, 1.82) is 0 Å². The number of aliphatic hydroxyl groups is 1. The Morgan fingerprint density at radius 1 is 1.18 bits per heavy atom. The molecule has 1 fully saturated rings. The number of aliphatic hydroxyl groups excluding tert-OH is 1. The lowest BCUT2D eigenvalue weighted by Gasteiger charge is -2.34. The molecule has 1 N–H and O–H groups in total. The molecule has 0 spiro atoms. The number of carbonyl (C=O) groups excluding carboxylic acids is 2. The highest BCUT2D eigenvalue weighted by Gasteiger charge is 2.43. The first kappa shape index (κ1) is 23.4. The van der Waals surface area contributed by atoms with Crippen molar-refractivity contribution >= 4 is 17.9 Å². The van der Waals surface area contributed by atoms with Gasteiger partial charge in [0.25, 0.3) is 5.91 Å². The lowest BCUT2D eigenvalue weighted by molar-refractivity contribution is -0.286. The van der Waals surface area contributed by atoms with E-state index in [0.29, 0.717) is 31.7 Å². The lowest BCUT2D eigenvalue weighted by atomic mass is 10.2. The number of amides is 2. The summed E-state index contributed by atoms with van der Waals surface area (Å²) in [5.74, 6) is -0.759. The highest BCUT2D eigenvalue weighted by atomic mass is 19.3. The predicted molar refractivity (Wildman–Crippen MR) is 113 cm³/mol. The summed E-state index contributed by atoms with van der Waals surface area (Å²) in [6.45, 7) is 2.82. The average Bonchev–Trinajstić information content (AvgIpc) is 3.14. The first-order chi connectivity index (χ1) is 16.2. The van der Waals surface area contributed by atoms with Crippen LogP contribution >= 0.6 is 0 Å². The van der Waals surface area contributed by atoms with Crippen LogP contribution in [0.25, 0.3) is 6.08 Å². The van der Waals surface area contributed by atoms with E-state index in [4.69, 9.17) is 4.74 Å². The molecule has 1 atom stereocenters. The van der Waals surface area contributed by atoms with Crippen molar-refractivity contribution in [3.8, 4) is 17.5 Å². The van der Waals surface area contributed by atoms with Crippen LogP contribution in [0.2, 0.25) is 0 Å². The molecule has 34 heavy (non-hydrogen) atoms. The van der Waals surface area contributed by atoms with Crippen LogP contribution < -0.4 is 14.2 Å². The fourth-order valence-corrected chi connectivity index (χ4v) is 3.36. The van der Waals surface area contributed by atoms with Gasteiger partial charge in [-0.05, 0) is 36.8 Å². The van der Waals surface area contributed by atoms with E-state index in [2.05, 4.69) is 19.4 Å². The third-order valence-electron chi connectivity index (χ3n) is 5.03. The third kappa shape index (κ3) is 5.57. The Bertz CT molecular complexity index is 1100. The fourth-order valence-electron chi connectivity index (χ4n) is 3.36. The molecule has 1 aromatic carbocycles. The monoisotopic (exact) mass is 476 g/mol. The van der Waals surface area contributed by atoms with Gasteiger partial charge in [-0.3, -0.25) is 9.59 Å². The molecule has 2 aliphatic rings. The zero-order chi connectivity index (χ0) is 24.3. The third-order valence-corrected chi connectivity index (χ3v) is 5.03. The number of nitrogens with zero attached hydrogens (tertiary/aromatic N) is 4. The van der Waals surface area contributed by atoms with Gasteiger partial charge in [0.2, 0.25) is 5.91 Å². The van der Waals surface area contributed by atoms with Gasteiger partial charge < -0.3 is 29.1 Å². The number of hydrogen-bond donors (Lipinski definition) is 1. The second kappa shape index (κ2) is 9.59. The van der Waals surface area contributed by atoms with Gasteiger partial charge in [0.05, 0.1) is 6.10 Å². The number of carbonyl (C=O) groups is 2. The van der Waals surface area contributed by atoms with Crippen LogP contribution in [-0.4, -0.2) is 81.9 Å². The van der Waals surface area contributed by atoms with Crippen molar-refractivity contribution in [2.45, 2.75) is 19.3 Å². The van der Waals surface area contributed by atoms with Crippen molar-refractivity contribution in [1.82, 2.24) is 19.8 Å². The number of hydrogen-bond acceptors (Lipinski definition) is 8. The van der Waals surface area contributed by atoms with E-state index in [9.17, 15) is 23.5 Å². The topological polar surface area (TPSA) is 114 Å². The molecule has 0 saturated carbocycles. The predicted octanol–water partition coefficient (Wildman–Crippen LogP) is 1.56. The van der Waals surface area contributed by atoms with E-state index < -0.39 is 12.4 Å². The Labute approximate surface area is 193 Å². The highest BCUT2D eigenvalue weighted by molar-refractivity contribution is 5.94. The number of piperazine rings is 1. The summed E-state index contributed by atoms with van der Waals surface area (Å²) in [4.78, 5) is 36.4. The average molecular weight is 476 g/mol. The lowest BCUT2D eigenvalue weighted by Crippen LogP contribution is -2.50. The first-order valence-corrected chi connectivity index (χ1v) is 10.5. The minimum atomic E-state index is -3.70. The quantitative estimate of drug-likeness (QED) is 0.625. The van der Waals surface area contributed by atoms with Crippen molar-refractivity contribution in [2.75, 3.05) is 32.8 Å². The molecule has 12 heteroatoms. The maximum absolute atomic E-state index is 13.1. The summed E-state index contributed by atoms with van der Waals surface area (Å²) in [5.41, 5.74) is 0.656. The summed E-state index contributed by atoms with van der Waals surface area (Å²) >= 11 is 0. The van der Waals surface area contributed by atoms with Crippen LogP contribution in [0.1, 0.15) is 23.0 Å². The van der Waals surface area contributed by atoms with Gasteiger partial charge in [-0.2, -0.15) is 4.98 Å². The van der Waals surface area contributed by atoms with Crippen LogP contribution in [0.15, 0.2) is 36.5 Å². The zero-order valence-corrected chi connectivity index (χ0v) is 18.2. The number of benzene rings is 1. The van der Waals surface area contributed by atoms with E-state index in [-0.39, 0.29) is 41.6 Å². The second-order valence-corrected chi connectivity index (χ2v) is 7.71.